The maximum absolute atomic E-state index is 2.77. The van der Waals surface area contributed by atoms with E-state index < -0.39 is 0 Å². The Kier molecular flexibility index (Phi) is 5.15. The third-order valence-electron chi connectivity index (χ3n) is 2.37. The molecule has 0 spiro atoms. The molecule has 0 N–H and O–H groups in total. The van der Waals surface area contributed by atoms with Gasteiger partial charge >= 0.3 is 0 Å². The fourth-order valence-corrected chi connectivity index (χ4v) is 1.84. The third-order valence-corrected chi connectivity index (χ3v) is 2.89. The van der Waals surface area contributed by atoms with Crippen molar-refractivity contribution in [3.8, 4) is 0 Å². The summed E-state index contributed by atoms with van der Waals surface area (Å²) in [7, 11) is 2.77. The van der Waals surface area contributed by atoms with Gasteiger partial charge in [-0.15, -0.1) is 0 Å². The zero-order chi connectivity index (χ0) is 9.52. The topological polar surface area (TPSA) is 4.93 Å². The van der Waals surface area contributed by atoms with E-state index in [1.54, 1.807) is 0 Å². The number of nitrogens with zero attached hydrogens (tertiary/aromatic N) is 1. The van der Waals surface area contributed by atoms with E-state index in [0.717, 1.165) is 0 Å². The zero-order valence-electron chi connectivity index (χ0n) is 8.50. The van der Waals surface area contributed by atoms with Crippen LogP contribution >= 0.6 is 9.24 Å². The lowest BCUT2D eigenvalue weighted by Gasteiger charge is -2.05. The van der Waals surface area contributed by atoms with Gasteiger partial charge in [0.05, 0.1) is 0 Å². The molecule has 74 valence electrons. The van der Waals surface area contributed by atoms with Crippen molar-refractivity contribution in [3.63, 3.8) is 0 Å². The summed E-state index contributed by atoms with van der Waals surface area (Å²) in [6.45, 7) is 3.43. The number of hydrogen-bond donors (Lipinski definition) is 0. The van der Waals surface area contributed by atoms with Crippen LogP contribution in [0.3, 0.4) is 0 Å². The predicted octanol–water partition coefficient (Wildman–Crippen LogP) is 2.96. The van der Waals surface area contributed by atoms with E-state index in [0.29, 0.717) is 0 Å². The highest BCUT2D eigenvalue weighted by Gasteiger charge is 1.94. The average Bonchev–Trinajstić information content (AvgIpc) is 2.52. The first-order valence-corrected chi connectivity index (χ1v) is 5.83. The molecule has 0 saturated heterocycles. The van der Waals surface area contributed by atoms with Gasteiger partial charge in [0.15, 0.2) is 0 Å². The zero-order valence-corrected chi connectivity index (χ0v) is 9.65. The monoisotopic (exact) mass is 197 g/mol. The van der Waals surface area contributed by atoms with Crippen LogP contribution in [-0.4, -0.2) is 4.57 Å². The van der Waals surface area contributed by atoms with Crippen molar-refractivity contribution >= 4 is 14.7 Å². The Morgan fingerprint density at radius 2 is 2.00 bits per heavy atom. The lowest BCUT2D eigenvalue weighted by atomic mass is 10.1. The minimum absolute atomic E-state index is 1.18. The molecule has 2 heteroatoms. The van der Waals surface area contributed by atoms with Gasteiger partial charge in [-0.2, -0.15) is 0 Å². The highest BCUT2D eigenvalue weighted by Crippen LogP contribution is 2.04. The quantitative estimate of drug-likeness (QED) is 0.488. The van der Waals surface area contributed by atoms with Gasteiger partial charge in [0.2, 0.25) is 0 Å². The normalized spacial score (nSPS) is 10.6. The summed E-state index contributed by atoms with van der Waals surface area (Å²) >= 11 is 0. The van der Waals surface area contributed by atoms with Crippen LogP contribution in [0.2, 0.25) is 0 Å². The van der Waals surface area contributed by atoms with Crippen molar-refractivity contribution < 1.29 is 0 Å². The Bertz CT molecular complexity index is 230. The molecule has 0 fully saturated rings. The third kappa shape index (κ3) is 3.95. The van der Waals surface area contributed by atoms with Crippen LogP contribution in [-0.2, 0) is 6.54 Å². The molecule has 1 unspecified atom stereocenters. The Balaban J connectivity index is 2.10. The van der Waals surface area contributed by atoms with Crippen LogP contribution in [0.15, 0.2) is 18.3 Å². The maximum Gasteiger partial charge on any atom is 0.0347 e. The molecule has 0 bridgehead atoms. The molecule has 1 rings (SSSR count). The largest absolute Gasteiger partial charge is 0.348 e. The van der Waals surface area contributed by atoms with E-state index in [1.165, 1.54) is 44.1 Å². The fourth-order valence-electron chi connectivity index (χ4n) is 1.52. The highest BCUT2D eigenvalue weighted by atomic mass is 31.0. The van der Waals surface area contributed by atoms with Gasteiger partial charge in [0.25, 0.3) is 0 Å². The number of unbranched alkanes of at least 4 members (excludes halogenated alkanes) is 4. The molecular weight excluding hydrogens is 177 g/mol. The fraction of sp³-hybridized carbons (Fsp3) is 0.636. The van der Waals surface area contributed by atoms with Gasteiger partial charge in [-0.05, 0) is 18.6 Å². The standard InChI is InChI=1S/C11H20NP/c1-2-3-4-5-6-9-12-10-7-8-11(12)13/h7-8,10H,2-6,9,13H2,1H3. The van der Waals surface area contributed by atoms with Crippen molar-refractivity contribution in [2.24, 2.45) is 0 Å². The summed E-state index contributed by atoms with van der Waals surface area (Å²) < 4.78 is 2.30. The van der Waals surface area contributed by atoms with E-state index in [-0.39, 0.29) is 0 Å². The predicted molar refractivity (Wildman–Crippen MR) is 62.5 cm³/mol. The molecule has 1 nitrogen and oxygen atoms in total. The second-order valence-electron chi connectivity index (χ2n) is 3.54. The number of hydrogen-bond acceptors (Lipinski definition) is 0. The van der Waals surface area contributed by atoms with Gasteiger partial charge < -0.3 is 4.57 Å². The van der Waals surface area contributed by atoms with Gasteiger partial charge in [0, 0.05) is 18.2 Å². The average molecular weight is 197 g/mol. The summed E-state index contributed by atoms with van der Waals surface area (Å²) in [5.41, 5.74) is 1.30. The Morgan fingerprint density at radius 1 is 1.23 bits per heavy atom. The molecule has 1 aromatic heterocycles. The maximum atomic E-state index is 2.77. The first kappa shape index (κ1) is 10.8. The van der Waals surface area contributed by atoms with Crippen LogP contribution in [0.4, 0.5) is 0 Å². The molecule has 0 aromatic carbocycles. The van der Waals surface area contributed by atoms with Crippen molar-refractivity contribution in [3.05, 3.63) is 18.3 Å². The molecule has 13 heavy (non-hydrogen) atoms. The number of aromatic nitrogens is 1. The van der Waals surface area contributed by atoms with Crippen LogP contribution in [0.25, 0.3) is 0 Å². The SMILES string of the molecule is CCCCCCCn1cccc1P. The molecule has 0 amide bonds. The van der Waals surface area contributed by atoms with Crippen molar-refractivity contribution in [1.82, 2.24) is 4.57 Å². The second-order valence-corrected chi connectivity index (χ2v) is 4.13. The number of aryl methyl sites for hydroxylation is 1. The molecule has 1 heterocycles. The number of rotatable bonds is 6. The molecular formula is C11H20NP. The smallest absolute Gasteiger partial charge is 0.0347 e. The summed E-state index contributed by atoms with van der Waals surface area (Å²) in [6, 6.07) is 4.24. The van der Waals surface area contributed by atoms with Crippen LogP contribution in [0, 0.1) is 0 Å². The van der Waals surface area contributed by atoms with Crippen molar-refractivity contribution in [2.75, 3.05) is 0 Å². The highest BCUT2D eigenvalue weighted by molar-refractivity contribution is 7.27. The molecule has 0 aliphatic heterocycles. The Morgan fingerprint density at radius 3 is 2.62 bits per heavy atom. The summed E-state index contributed by atoms with van der Waals surface area (Å²) in [5, 5.41) is 0. The molecule has 0 aliphatic rings. The Labute approximate surface area is 83.7 Å². The second kappa shape index (κ2) is 6.21. The van der Waals surface area contributed by atoms with Crippen molar-refractivity contribution in [2.45, 2.75) is 45.6 Å². The summed E-state index contributed by atoms with van der Waals surface area (Å²) in [6.07, 6.45) is 8.95. The van der Waals surface area contributed by atoms with Crippen LogP contribution < -0.4 is 5.44 Å². The molecule has 0 saturated carbocycles. The van der Waals surface area contributed by atoms with Crippen LogP contribution in [0.5, 0.6) is 0 Å². The van der Waals surface area contributed by atoms with Gasteiger partial charge in [-0.1, -0.05) is 41.8 Å². The molecule has 1 aromatic rings. The summed E-state index contributed by atoms with van der Waals surface area (Å²) in [5.74, 6) is 0. The van der Waals surface area contributed by atoms with Crippen LogP contribution in [0.1, 0.15) is 39.0 Å². The summed E-state index contributed by atoms with van der Waals surface area (Å²) in [4.78, 5) is 0. The van der Waals surface area contributed by atoms with Gasteiger partial charge in [0.1, 0.15) is 0 Å². The van der Waals surface area contributed by atoms with E-state index in [1.807, 2.05) is 0 Å². The van der Waals surface area contributed by atoms with E-state index >= 15 is 0 Å². The first-order chi connectivity index (χ1) is 6.34. The Hall–Kier alpha value is -0.290. The van der Waals surface area contributed by atoms with Gasteiger partial charge in [-0.25, -0.2) is 0 Å². The minimum Gasteiger partial charge on any atom is -0.348 e. The lowest BCUT2D eigenvalue weighted by Crippen LogP contribution is -2.08. The van der Waals surface area contributed by atoms with E-state index in [2.05, 4.69) is 39.1 Å². The molecule has 0 radical (unpaired) electrons. The van der Waals surface area contributed by atoms with Crippen molar-refractivity contribution in [1.29, 1.82) is 0 Å². The minimum atomic E-state index is 1.18. The van der Waals surface area contributed by atoms with E-state index in [4.69, 9.17) is 0 Å². The van der Waals surface area contributed by atoms with Gasteiger partial charge in [-0.3, -0.25) is 0 Å². The first-order valence-electron chi connectivity index (χ1n) is 5.25. The van der Waals surface area contributed by atoms with E-state index in [9.17, 15) is 0 Å². The lowest BCUT2D eigenvalue weighted by molar-refractivity contribution is 0.576. The molecule has 1 atom stereocenters. The molecule has 0 aliphatic carbocycles.